The van der Waals surface area contributed by atoms with Crippen molar-refractivity contribution in [3.63, 3.8) is 0 Å². The van der Waals surface area contributed by atoms with Gasteiger partial charge in [-0.15, -0.1) is 0 Å². The first-order valence-electron chi connectivity index (χ1n) is 4.78. The van der Waals surface area contributed by atoms with Gasteiger partial charge in [0, 0.05) is 17.6 Å². The minimum Gasteiger partial charge on any atom is -0.325 e. The van der Waals surface area contributed by atoms with Gasteiger partial charge in [-0.1, -0.05) is 18.2 Å². The Morgan fingerprint density at radius 2 is 2.00 bits per heavy atom. The number of rotatable bonds is 1. The number of hydrogen-bond acceptors (Lipinski definition) is 2. The zero-order chi connectivity index (χ0) is 10.1. The molecule has 0 aliphatic rings. The number of pyridine rings is 1. The van der Waals surface area contributed by atoms with Crippen LogP contribution < -0.4 is 5.73 Å². The lowest BCUT2D eigenvalue weighted by Crippen LogP contribution is -2.02. The van der Waals surface area contributed by atoms with E-state index in [1.807, 2.05) is 13.0 Å². The Morgan fingerprint density at radius 3 is 2.71 bits per heavy atom. The van der Waals surface area contributed by atoms with Crippen molar-refractivity contribution in [1.29, 1.82) is 0 Å². The topological polar surface area (TPSA) is 38.9 Å². The summed E-state index contributed by atoms with van der Waals surface area (Å²) in [6.07, 6.45) is 0. The molecule has 0 saturated carbocycles. The second-order valence-electron chi connectivity index (χ2n) is 3.58. The molecule has 14 heavy (non-hydrogen) atoms. The number of hydrogen-bond donors (Lipinski definition) is 1. The molecule has 0 spiro atoms. The van der Waals surface area contributed by atoms with Crippen molar-refractivity contribution in [3.05, 3.63) is 41.2 Å². The maximum absolute atomic E-state index is 5.67. The van der Waals surface area contributed by atoms with Crippen LogP contribution in [0.25, 0.3) is 10.8 Å². The standard InChI is InChI=1S/C12H14N2/c1-8-4-3-5-10-11(8)6-9(2)14-12(10)7-13/h3-6H,7,13H2,1-2H3. The molecule has 1 aromatic heterocycles. The Bertz CT molecular complexity index is 475. The maximum atomic E-state index is 5.67. The molecule has 2 N–H and O–H groups in total. The van der Waals surface area contributed by atoms with E-state index >= 15 is 0 Å². The Hall–Kier alpha value is -1.41. The molecule has 2 rings (SSSR count). The van der Waals surface area contributed by atoms with Crippen LogP contribution >= 0.6 is 0 Å². The summed E-state index contributed by atoms with van der Waals surface area (Å²) in [5, 5.41) is 2.44. The lowest BCUT2D eigenvalue weighted by Gasteiger charge is -2.07. The fourth-order valence-corrected chi connectivity index (χ4v) is 1.79. The minimum absolute atomic E-state index is 0.502. The predicted octanol–water partition coefficient (Wildman–Crippen LogP) is 2.31. The van der Waals surface area contributed by atoms with Crippen molar-refractivity contribution in [2.24, 2.45) is 5.73 Å². The first-order chi connectivity index (χ1) is 6.72. The van der Waals surface area contributed by atoms with E-state index in [0.717, 1.165) is 11.4 Å². The zero-order valence-electron chi connectivity index (χ0n) is 8.54. The van der Waals surface area contributed by atoms with Gasteiger partial charge < -0.3 is 5.73 Å². The van der Waals surface area contributed by atoms with Crippen LogP contribution in [0.5, 0.6) is 0 Å². The number of aryl methyl sites for hydroxylation is 2. The second-order valence-corrected chi connectivity index (χ2v) is 3.58. The van der Waals surface area contributed by atoms with Gasteiger partial charge in [0.1, 0.15) is 0 Å². The third kappa shape index (κ3) is 1.38. The number of aromatic nitrogens is 1. The summed E-state index contributed by atoms with van der Waals surface area (Å²) in [7, 11) is 0. The molecule has 0 unspecified atom stereocenters. The first kappa shape index (κ1) is 9.16. The summed E-state index contributed by atoms with van der Waals surface area (Å²) in [6.45, 7) is 4.62. The fourth-order valence-electron chi connectivity index (χ4n) is 1.79. The van der Waals surface area contributed by atoms with E-state index < -0.39 is 0 Å². The van der Waals surface area contributed by atoms with Crippen molar-refractivity contribution in [2.75, 3.05) is 0 Å². The van der Waals surface area contributed by atoms with E-state index in [1.165, 1.54) is 16.3 Å². The van der Waals surface area contributed by atoms with Crippen molar-refractivity contribution in [2.45, 2.75) is 20.4 Å². The average molecular weight is 186 g/mol. The molecule has 0 aliphatic carbocycles. The van der Waals surface area contributed by atoms with Gasteiger partial charge in [-0.25, -0.2) is 0 Å². The largest absolute Gasteiger partial charge is 0.325 e. The lowest BCUT2D eigenvalue weighted by atomic mass is 10.0. The van der Waals surface area contributed by atoms with E-state index in [-0.39, 0.29) is 0 Å². The van der Waals surface area contributed by atoms with Crippen LogP contribution in [0.4, 0.5) is 0 Å². The Morgan fingerprint density at radius 1 is 1.21 bits per heavy atom. The number of nitrogens with two attached hydrogens (primary N) is 1. The monoisotopic (exact) mass is 186 g/mol. The first-order valence-corrected chi connectivity index (χ1v) is 4.78. The maximum Gasteiger partial charge on any atom is 0.0620 e. The van der Waals surface area contributed by atoms with Crippen LogP contribution in [0, 0.1) is 13.8 Å². The molecule has 0 saturated heterocycles. The van der Waals surface area contributed by atoms with Gasteiger partial charge in [0.2, 0.25) is 0 Å². The van der Waals surface area contributed by atoms with Crippen molar-refractivity contribution >= 4 is 10.8 Å². The molecule has 0 amide bonds. The molecule has 1 aromatic carbocycles. The molecule has 2 nitrogen and oxygen atoms in total. The third-order valence-electron chi connectivity index (χ3n) is 2.49. The molecular weight excluding hydrogens is 172 g/mol. The number of fused-ring (bicyclic) bond motifs is 1. The van der Waals surface area contributed by atoms with Gasteiger partial charge in [0.25, 0.3) is 0 Å². The quantitative estimate of drug-likeness (QED) is 0.742. The molecule has 72 valence electrons. The highest BCUT2D eigenvalue weighted by atomic mass is 14.7. The van der Waals surface area contributed by atoms with Gasteiger partial charge in [0.15, 0.2) is 0 Å². The highest BCUT2D eigenvalue weighted by Crippen LogP contribution is 2.21. The summed E-state index contributed by atoms with van der Waals surface area (Å²) in [5.41, 5.74) is 8.98. The molecule has 0 aliphatic heterocycles. The van der Waals surface area contributed by atoms with Crippen molar-refractivity contribution < 1.29 is 0 Å². The van der Waals surface area contributed by atoms with Gasteiger partial charge in [-0.05, 0) is 30.9 Å². The lowest BCUT2D eigenvalue weighted by molar-refractivity contribution is 0.988. The van der Waals surface area contributed by atoms with E-state index in [1.54, 1.807) is 0 Å². The zero-order valence-corrected chi connectivity index (χ0v) is 8.54. The fraction of sp³-hybridized carbons (Fsp3) is 0.250. The van der Waals surface area contributed by atoms with E-state index in [4.69, 9.17) is 5.73 Å². The van der Waals surface area contributed by atoms with Gasteiger partial charge in [-0.2, -0.15) is 0 Å². The molecule has 2 aromatic rings. The Labute approximate surface area is 83.8 Å². The molecule has 0 radical (unpaired) electrons. The SMILES string of the molecule is Cc1cc2c(C)cccc2c(CN)n1. The molecule has 1 heterocycles. The van der Waals surface area contributed by atoms with E-state index in [9.17, 15) is 0 Å². The Balaban J connectivity index is 2.87. The Kier molecular flexibility index (Phi) is 2.22. The minimum atomic E-state index is 0.502. The normalized spacial score (nSPS) is 10.8. The predicted molar refractivity (Wildman–Crippen MR) is 59.1 cm³/mol. The third-order valence-corrected chi connectivity index (χ3v) is 2.49. The van der Waals surface area contributed by atoms with Crippen LogP contribution in [-0.4, -0.2) is 4.98 Å². The van der Waals surface area contributed by atoms with Gasteiger partial charge in [-0.3, -0.25) is 4.98 Å². The van der Waals surface area contributed by atoms with Gasteiger partial charge in [0.05, 0.1) is 5.69 Å². The molecule has 0 fully saturated rings. The summed E-state index contributed by atoms with van der Waals surface area (Å²) in [5.74, 6) is 0. The van der Waals surface area contributed by atoms with E-state index in [0.29, 0.717) is 6.54 Å². The summed E-state index contributed by atoms with van der Waals surface area (Å²) in [4.78, 5) is 4.44. The van der Waals surface area contributed by atoms with Crippen LogP contribution in [0.3, 0.4) is 0 Å². The van der Waals surface area contributed by atoms with Gasteiger partial charge >= 0.3 is 0 Å². The van der Waals surface area contributed by atoms with Crippen LogP contribution in [0.15, 0.2) is 24.3 Å². The van der Waals surface area contributed by atoms with Crippen molar-refractivity contribution in [3.8, 4) is 0 Å². The highest BCUT2D eigenvalue weighted by Gasteiger charge is 2.03. The summed E-state index contributed by atoms with van der Waals surface area (Å²) < 4.78 is 0. The smallest absolute Gasteiger partial charge is 0.0620 e. The number of nitrogens with zero attached hydrogens (tertiary/aromatic N) is 1. The number of benzene rings is 1. The average Bonchev–Trinajstić information content (AvgIpc) is 2.18. The van der Waals surface area contributed by atoms with Crippen LogP contribution in [-0.2, 0) is 6.54 Å². The molecular formula is C12H14N2. The molecule has 0 atom stereocenters. The molecule has 2 heteroatoms. The van der Waals surface area contributed by atoms with Crippen LogP contribution in [0.2, 0.25) is 0 Å². The van der Waals surface area contributed by atoms with E-state index in [2.05, 4.69) is 30.1 Å². The summed E-state index contributed by atoms with van der Waals surface area (Å²) in [6, 6.07) is 8.36. The second kappa shape index (κ2) is 3.39. The van der Waals surface area contributed by atoms with Crippen LogP contribution in [0.1, 0.15) is 17.0 Å². The highest BCUT2D eigenvalue weighted by molar-refractivity contribution is 5.87. The molecule has 0 bridgehead atoms. The van der Waals surface area contributed by atoms with Crippen molar-refractivity contribution in [1.82, 2.24) is 4.98 Å². The summed E-state index contributed by atoms with van der Waals surface area (Å²) >= 11 is 0.